The highest BCUT2D eigenvalue weighted by Gasteiger charge is 2.00. The molecular formula is C9H12N4O. The molecule has 2 aromatic rings. The lowest BCUT2D eigenvalue weighted by molar-refractivity contribution is 0.292. The Balaban J connectivity index is 2.19. The molecule has 5 heteroatoms. The molecule has 2 rings (SSSR count). The third-order valence-electron chi connectivity index (χ3n) is 1.95. The molecule has 2 N–H and O–H groups in total. The van der Waals surface area contributed by atoms with Crippen molar-refractivity contribution in [2.75, 3.05) is 18.5 Å². The van der Waals surface area contributed by atoms with Gasteiger partial charge in [-0.2, -0.15) is 5.10 Å². The monoisotopic (exact) mass is 192 g/mol. The zero-order valence-corrected chi connectivity index (χ0v) is 7.72. The summed E-state index contributed by atoms with van der Waals surface area (Å²) < 4.78 is 1.76. The fourth-order valence-corrected chi connectivity index (χ4v) is 1.28. The number of nitrogens with zero attached hydrogens (tertiary/aromatic N) is 3. The zero-order chi connectivity index (χ0) is 9.80. The number of aromatic nitrogens is 3. The molecule has 5 nitrogen and oxygen atoms in total. The van der Waals surface area contributed by atoms with E-state index in [1.165, 1.54) is 0 Å². The van der Waals surface area contributed by atoms with E-state index in [1.807, 2.05) is 6.07 Å². The maximum Gasteiger partial charge on any atom is 0.152 e. The number of anilines is 1. The minimum Gasteiger partial charge on any atom is -0.396 e. The van der Waals surface area contributed by atoms with Crippen LogP contribution in [0.15, 0.2) is 24.7 Å². The first kappa shape index (κ1) is 8.96. The lowest BCUT2D eigenvalue weighted by Gasteiger charge is -2.04. The molecule has 0 amide bonds. The van der Waals surface area contributed by atoms with E-state index in [2.05, 4.69) is 15.4 Å². The van der Waals surface area contributed by atoms with Crippen molar-refractivity contribution in [3.63, 3.8) is 0 Å². The van der Waals surface area contributed by atoms with Gasteiger partial charge in [-0.15, -0.1) is 0 Å². The van der Waals surface area contributed by atoms with Crippen LogP contribution in [0.5, 0.6) is 0 Å². The normalized spacial score (nSPS) is 10.6. The number of fused-ring (bicyclic) bond motifs is 1. The van der Waals surface area contributed by atoms with Gasteiger partial charge in [-0.1, -0.05) is 0 Å². The highest BCUT2D eigenvalue weighted by atomic mass is 16.3. The van der Waals surface area contributed by atoms with Gasteiger partial charge in [0.15, 0.2) is 5.82 Å². The molecule has 2 aromatic heterocycles. The Kier molecular flexibility index (Phi) is 2.60. The molecule has 0 saturated carbocycles. The fourth-order valence-electron chi connectivity index (χ4n) is 1.28. The highest BCUT2D eigenvalue weighted by molar-refractivity contribution is 5.66. The second-order valence-corrected chi connectivity index (χ2v) is 2.94. The van der Waals surface area contributed by atoms with Crippen molar-refractivity contribution in [1.82, 2.24) is 14.6 Å². The van der Waals surface area contributed by atoms with E-state index in [-0.39, 0.29) is 6.61 Å². The quantitative estimate of drug-likeness (QED) is 0.693. The first-order chi connectivity index (χ1) is 6.92. The molecule has 0 bridgehead atoms. The van der Waals surface area contributed by atoms with Crippen molar-refractivity contribution in [3.8, 4) is 0 Å². The molecular weight excluding hydrogens is 180 g/mol. The van der Waals surface area contributed by atoms with Crippen molar-refractivity contribution in [3.05, 3.63) is 24.7 Å². The smallest absolute Gasteiger partial charge is 0.152 e. The molecule has 0 fully saturated rings. The molecule has 0 saturated heterocycles. The van der Waals surface area contributed by atoms with Crippen molar-refractivity contribution in [1.29, 1.82) is 0 Å². The standard InChI is InChI=1S/C9H12N4O/c14-7-1-3-10-9-8-2-4-12-13(8)6-5-11-9/h2,4-6,14H,1,3,7H2,(H,10,11). The Morgan fingerprint density at radius 3 is 3.21 bits per heavy atom. The van der Waals surface area contributed by atoms with E-state index < -0.39 is 0 Å². The predicted octanol–water partition coefficient (Wildman–Crippen LogP) is 0.524. The maximum absolute atomic E-state index is 8.64. The Morgan fingerprint density at radius 1 is 1.43 bits per heavy atom. The number of aliphatic hydroxyl groups is 1. The summed E-state index contributed by atoms with van der Waals surface area (Å²) in [5.74, 6) is 0.804. The minimum atomic E-state index is 0.190. The molecule has 0 atom stereocenters. The van der Waals surface area contributed by atoms with Gasteiger partial charge < -0.3 is 10.4 Å². The summed E-state index contributed by atoms with van der Waals surface area (Å²) in [6.45, 7) is 0.906. The van der Waals surface area contributed by atoms with Gasteiger partial charge in [-0.05, 0) is 12.5 Å². The van der Waals surface area contributed by atoms with E-state index >= 15 is 0 Å². The summed E-state index contributed by atoms with van der Waals surface area (Å²) in [5.41, 5.74) is 0.949. The summed E-state index contributed by atoms with van der Waals surface area (Å²) in [6, 6.07) is 1.90. The largest absolute Gasteiger partial charge is 0.396 e. The lowest BCUT2D eigenvalue weighted by atomic mass is 10.4. The SMILES string of the molecule is OCCCNc1nccn2nccc12. The van der Waals surface area contributed by atoms with Crippen molar-refractivity contribution in [2.45, 2.75) is 6.42 Å². The third-order valence-corrected chi connectivity index (χ3v) is 1.95. The van der Waals surface area contributed by atoms with Gasteiger partial charge in [0, 0.05) is 25.5 Å². The van der Waals surface area contributed by atoms with Crippen LogP contribution in [-0.4, -0.2) is 32.9 Å². The van der Waals surface area contributed by atoms with Gasteiger partial charge in [-0.3, -0.25) is 0 Å². The Morgan fingerprint density at radius 2 is 2.36 bits per heavy atom. The van der Waals surface area contributed by atoms with E-state index in [0.717, 1.165) is 17.8 Å². The summed E-state index contributed by atoms with van der Waals surface area (Å²) in [4.78, 5) is 4.20. The molecule has 0 radical (unpaired) electrons. The number of nitrogens with one attached hydrogen (secondary N) is 1. The predicted molar refractivity (Wildman–Crippen MR) is 53.2 cm³/mol. The average molecular weight is 192 g/mol. The second-order valence-electron chi connectivity index (χ2n) is 2.94. The van der Waals surface area contributed by atoms with E-state index in [0.29, 0.717) is 6.54 Å². The number of aliphatic hydroxyl groups excluding tert-OH is 1. The summed E-state index contributed by atoms with van der Waals surface area (Å²) >= 11 is 0. The average Bonchev–Trinajstić information content (AvgIpc) is 2.67. The van der Waals surface area contributed by atoms with Crippen molar-refractivity contribution >= 4 is 11.3 Å². The first-order valence-electron chi connectivity index (χ1n) is 4.55. The Bertz CT molecular complexity index is 412. The third kappa shape index (κ3) is 1.67. The van der Waals surface area contributed by atoms with Gasteiger partial charge in [-0.25, -0.2) is 9.50 Å². The molecule has 0 spiro atoms. The molecule has 0 unspecified atom stereocenters. The van der Waals surface area contributed by atoms with Crippen LogP contribution < -0.4 is 5.32 Å². The molecule has 2 heterocycles. The number of hydrogen-bond donors (Lipinski definition) is 2. The van der Waals surface area contributed by atoms with Crippen LogP contribution >= 0.6 is 0 Å². The van der Waals surface area contributed by atoms with E-state index in [9.17, 15) is 0 Å². The topological polar surface area (TPSA) is 62.5 Å². The molecule has 0 aliphatic rings. The minimum absolute atomic E-state index is 0.190. The summed E-state index contributed by atoms with van der Waals surface area (Å²) in [7, 11) is 0. The van der Waals surface area contributed by atoms with Gasteiger partial charge in [0.25, 0.3) is 0 Å². The van der Waals surface area contributed by atoms with Crippen molar-refractivity contribution in [2.24, 2.45) is 0 Å². The van der Waals surface area contributed by atoms with Gasteiger partial charge >= 0.3 is 0 Å². The molecule has 14 heavy (non-hydrogen) atoms. The van der Waals surface area contributed by atoms with E-state index in [1.54, 1.807) is 23.1 Å². The van der Waals surface area contributed by atoms with Gasteiger partial charge in [0.05, 0.1) is 6.20 Å². The van der Waals surface area contributed by atoms with Crippen LogP contribution in [0.2, 0.25) is 0 Å². The fraction of sp³-hybridized carbons (Fsp3) is 0.333. The molecule has 0 aromatic carbocycles. The van der Waals surface area contributed by atoms with Crippen LogP contribution in [0.1, 0.15) is 6.42 Å². The first-order valence-corrected chi connectivity index (χ1v) is 4.55. The molecule has 74 valence electrons. The number of hydrogen-bond acceptors (Lipinski definition) is 4. The van der Waals surface area contributed by atoms with Gasteiger partial charge in [0.2, 0.25) is 0 Å². The Hall–Kier alpha value is -1.62. The lowest BCUT2D eigenvalue weighted by Crippen LogP contribution is -2.06. The van der Waals surface area contributed by atoms with Gasteiger partial charge in [0.1, 0.15) is 5.52 Å². The van der Waals surface area contributed by atoms with Crippen LogP contribution in [0.4, 0.5) is 5.82 Å². The van der Waals surface area contributed by atoms with Crippen LogP contribution in [0.25, 0.3) is 5.52 Å². The van der Waals surface area contributed by atoms with Crippen LogP contribution in [0, 0.1) is 0 Å². The summed E-state index contributed by atoms with van der Waals surface area (Å²) in [5, 5.41) is 15.9. The van der Waals surface area contributed by atoms with Crippen LogP contribution in [-0.2, 0) is 0 Å². The second kappa shape index (κ2) is 4.06. The highest BCUT2D eigenvalue weighted by Crippen LogP contribution is 2.11. The molecule has 0 aliphatic carbocycles. The zero-order valence-electron chi connectivity index (χ0n) is 7.72. The summed E-state index contributed by atoms with van der Waals surface area (Å²) in [6.07, 6.45) is 5.94. The Labute approximate surface area is 81.4 Å². The van der Waals surface area contributed by atoms with E-state index in [4.69, 9.17) is 5.11 Å². The number of rotatable bonds is 4. The van der Waals surface area contributed by atoms with Crippen LogP contribution in [0.3, 0.4) is 0 Å². The van der Waals surface area contributed by atoms with Crippen molar-refractivity contribution < 1.29 is 5.11 Å². The maximum atomic E-state index is 8.64. The molecule has 0 aliphatic heterocycles.